The number of ether oxygens (including phenoxy) is 1. The van der Waals surface area contributed by atoms with E-state index in [1.807, 2.05) is 30.3 Å². The number of anilines is 1. The van der Waals surface area contributed by atoms with E-state index in [9.17, 15) is 13.6 Å². The van der Waals surface area contributed by atoms with Crippen LogP contribution in [0.2, 0.25) is 0 Å². The number of hydrogen-bond donors (Lipinski definition) is 1. The molecule has 1 amide bonds. The zero-order valence-corrected chi connectivity index (χ0v) is 12.9. The third-order valence-corrected chi connectivity index (χ3v) is 3.26. The summed E-state index contributed by atoms with van der Waals surface area (Å²) in [5.74, 6) is -0.0277. The van der Waals surface area contributed by atoms with E-state index in [2.05, 4.69) is 20.0 Å². The molecule has 0 atom stereocenters. The first-order chi connectivity index (χ1) is 12.1. The molecule has 0 saturated heterocycles. The number of benzene rings is 2. The molecular weight excluding hydrogens is 328 g/mol. The summed E-state index contributed by atoms with van der Waals surface area (Å²) in [4.78, 5) is 20.6. The normalized spacial score (nSPS) is 10.5. The SMILES string of the molecule is O=C(Nc1cnc(-c2ccccc2)nc1)c1cccc(OC(F)F)c1. The van der Waals surface area contributed by atoms with Gasteiger partial charge in [0.1, 0.15) is 5.75 Å². The van der Waals surface area contributed by atoms with Crippen LogP contribution >= 0.6 is 0 Å². The van der Waals surface area contributed by atoms with Gasteiger partial charge in [0.15, 0.2) is 5.82 Å². The van der Waals surface area contributed by atoms with E-state index in [1.165, 1.54) is 36.7 Å². The molecule has 1 heterocycles. The summed E-state index contributed by atoms with van der Waals surface area (Å²) < 4.78 is 28.8. The molecule has 0 saturated carbocycles. The van der Waals surface area contributed by atoms with Crippen molar-refractivity contribution >= 4 is 11.6 Å². The monoisotopic (exact) mass is 341 g/mol. The van der Waals surface area contributed by atoms with Crippen molar-refractivity contribution in [3.63, 3.8) is 0 Å². The van der Waals surface area contributed by atoms with Gasteiger partial charge in [0, 0.05) is 11.1 Å². The molecule has 3 aromatic rings. The summed E-state index contributed by atoms with van der Waals surface area (Å²) >= 11 is 0. The first-order valence-corrected chi connectivity index (χ1v) is 7.35. The number of aromatic nitrogens is 2. The maximum atomic E-state index is 12.2. The van der Waals surface area contributed by atoms with Crippen molar-refractivity contribution in [1.82, 2.24) is 9.97 Å². The standard InChI is InChI=1S/C18H13F2N3O2/c19-18(20)25-15-8-4-7-13(9-15)17(24)23-14-10-21-16(22-11-14)12-5-2-1-3-6-12/h1-11,18H,(H,23,24). The average molecular weight is 341 g/mol. The van der Waals surface area contributed by atoms with Crippen molar-refractivity contribution in [1.29, 1.82) is 0 Å². The van der Waals surface area contributed by atoms with Crippen LogP contribution in [0.1, 0.15) is 10.4 Å². The molecule has 0 radical (unpaired) electrons. The van der Waals surface area contributed by atoms with Gasteiger partial charge in [0.2, 0.25) is 0 Å². The van der Waals surface area contributed by atoms with E-state index >= 15 is 0 Å². The number of alkyl halides is 2. The van der Waals surface area contributed by atoms with Gasteiger partial charge in [-0.15, -0.1) is 0 Å². The van der Waals surface area contributed by atoms with Crippen LogP contribution in [0.4, 0.5) is 14.5 Å². The second kappa shape index (κ2) is 7.48. The van der Waals surface area contributed by atoms with Crippen molar-refractivity contribution in [3.8, 4) is 17.1 Å². The predicted octanol–water partition coefficient (Wildman–Crippen LogP) is 4.00. The van der Waals surface area contributed by atoms with Crippen LogP contribution in [0.15, 0.2) is 67.0 Å². The van der Waals surface area contributed by atoms with Crippen molar-refractivity contribution in [3.05, 3.63) is 72.6 Å². The number of amides is 1. The lowest BCUT2D eigenvalue weighted by Gasteiger charge is -2.08. The molecule has 0 aliphatic carbocycles. The number of carbonyl (C=O) groups is 1. The molecule has 0 fully saturated rings. The fourth-order valence-corrected chi connectivity index (χ4v) is 2.15. The average Bonchev–Trinajstić information content (AvgIpc) is 2.63. The minimum atomic E-state index is -2.95. The third kappa shape index (κ3) is 4.35. The highest BCUT2D eigenvalue weighted by Gasteiger charge is 2.10. The van der Waals surface area contributed by atoms with Gasteiger partial charge < -0.3 is 10.1 Å². The van der Waals surface area contributed by atoms with Gasteiger partial charge in [-0.25, -0.2) is 9.97 Å². The fourth-order valence-electron chi connectivity index (χ4n) is 2.15. The zero-order chi connectivity index (χ0) is 17.6. The molecule has 0 bridgehead atoms. The van der Waals surface area contributed by atoms with Crippen molar-refractivity contribution in [2.45, 2.75) is 6.61 Å². The Morgan fingerprint density at radius 3 is 2.40 bits per heavy atom. The molecule has 126 valence electrons. The van der Waals surface area contributed by atoms with Crippen LogP contribution in [-0.4, -0.2) is 22.5 Å². The van der Waals surface area contributed by atoms with Crippen LogP contribution in [0.3, 0.4) is 0 Å². The Morgan fingerprint density at radius 1 is 1.00 bits per heavy atom. The van der Waals surface area contributed by atoms with E-state index in [1.54, 1.807) is 0 Å². The summed E-state index contributed by atoms with van der Waals surface area (Å²) in [6.07, 6.45) is 2.96. The van der Waals surface area contributed by atoms with Gasteiger partial charge >= 0.3 is 6.61 Å². The van der Waals surface area contributed by atoms with Gasteiger partial charge in [-0.2, -0.15) is 8.78 Å². The number of halogens is 2. The molecule has 0 unspecified atom stereocenters. The van der Waals surface area contributed by atoms with Gasteiger partial charge in [0.25, 0.3) is 5.91 Å². The number of nitrogens with zero attached hydrogens (tertiary/aromatic N) is 2. The largest absolute Gasteiger partial charge is 0.435 e. The Hall–Kier alpha value is -3.35. The number of carbonyl (C=O) groups excluding carboxylic acids is 1. The highest BCUT2D eigenvalue weighted by molar-refractivity contribution is 6.04. The Labute approximate surface area is 142 Å². The Bertz CT molecular complexity index is 856. The van der Waals surface area contributed by atoms with Gasteiger partial charge in [-0.1, -0.05) is 36.4 Å². The maximum absolute atomic E-state index is 12.2. The van der Waals surface area contributed by atoms with Crippen LogP contribution < -0.4 is 10.1 Å². The van der Waals surface area contributed by atoms with Gasteiger partial charge in [-0.05, 0) is 18.2 Å². The lowest BCUT2D eigenvalue weighted by molar-refractivity contribution is -0.0498. The summed E-state index contributed by atoms with van der Waals surface area (Å²) in [6.45, 7) is -2.95. The summed E-state index contributed by atoms with van der Waals surface area (Å²) in [5, 5.41) is 2.61. The van der Waals surface area contributed by atoms with E-state index < -0.39 is 12.5 Å². The van der Waals surface area contributed by atoms with E-state index in [-0.39, 0.29) is 11.3 Å². The molecule has 1 N–H and O–H groups in total. The number of hydrogen-bond acceptors (Lipinski definition) is 4. The van der Waals surface area contributed by atoms with Crippen molar-refractivity contribution in [2.75, 3.05) is 5.32 Å². The topological polar surface area (TPSA) is 64.1 Å². The number of nitrogens with one attached hydrogen (secondary N) is 1. The van der Waals surface area contributed by atoms with Crippen LogP contribution in [-0.2, 0) is 0 Å². The fraction of sp³-hybridized carbons (Fsp3) is 0.0556. The Morgan fingerprint density at radius 2 is 1.72 bits per heavy atom. The molecule has 1 aromatic heterocycles. The molecule has 0 aliphatic rings. The second-order valence-electron chi connectivity index (χ2n) is 5.02. The number of rotatable bonds is 5. The Balaban J connectivity index is 1.71. The lowest BCUT2D eigenvalue weighted by Crippen LogP contribution is -2.13. The molecule has 0 spiro atoms. The van der Waals surface area contributed by atoms with Gasteiger partial charge in [0.05, 0.1) is 18.1 Å². The summed E-state index contributed by atoms with van der Waals surface area (Å²) in [5.41, 5.74) is 1.44. The zero-order valence-electron chi connectivity index (χ0n) is 12.9. The quantitative estimate of drug-likeness (QED) is 0.762. The van der Waals surface area contributed by atoms with E-state index in [4.69, 9.17) is 0 Å². The smallest absolute Gasteiger partial charge is 0.387 e. The molecule has 25 heavy (non-hydrogen) atoms. The highest BCUT2D eigenvalue weighted by atomic mass is 19.3. The Kier molecular flexibility index (Phi) is 4.94. The van der Waals surface area contributed by atoms with E-state index in [0.29, 0.717) is 11.5 Å². The molecule has 0 aliphatic heterocycles. The molecular formula is C18H13F2N3O2. The first kappa shape index (κ1) is 16.5. The summed E-state index contributed by atoms with van der Waals surface area (Å²) in [7, 11) is 0. The third-order valence-electron chi connectivity index (χ3n) is 3.26. The first-order valence-electron chi connectivity index (χ1n) is 7.35. The summed E-state index contributed by atoms with van der Waals surface area (Å²) in [6, 6.07) is 14.9. The predicted molar refractivity (Wildman–Crippen MR) is 88.5 cm³/mol. The molecule has 3 rings (SSSR count). The minimum Gasteiger partial charge on any atom is -0.435 e. The van der Waals surface area contributed by atoms with Crippen LogP contribution in [0.25, 0.3) is 11.4 Å². The lowest BCUT2D eigenvalue weighted by atomic mass is 10.2. The van der Waals surface area contributed by atoms with Crippen LogP contribution in [0, 0.1) is 0 Å². The van der Waals surface area contributed by atoms with Crippen molar-refractivity contribution < 1.29 is 18.3 Å². The highest BCUT2D eigenvalue weighted by Crippen LogP contribution is 2.18. The molecule has 2 aromatic carbocycles. The molecule has 7 heteroatoms. The molecule has 5 nitrogen and oxygen atoms in total. The van der Waals surface area contributed by atoms with Crippen LogP contribution in [0.5, 0.6) is 5.75 Å². The maximum Gasteiger partial charge on any atom is 0.387 e. The van der Waals surface area contributed by atoms with Crippen molar-refractivity contribution in [2.24, 2.45) is 0 Å². The van der Waals surface area contributed by atoms with E-state index in [0.717, 1.165) is 5.56 Å². The second-order valence-corrected chi connectivity index (χ2v) is 5.02. The van der Waals surface area contributed by atoms with Gasteiger partial charge in [-0.3, -0.25) is 4.79 Å². The minimum absolute atomic E-state index is 0.0849.